The molecule has 0 spiro atoms. The van der Waals surface area contributed by atoms with Gasteiger partial charge in [0.2, 0.25) is 5.91 Å². The van der Waals surface area contributed by atoms with Gasteiger partial charge >= 0.3 is 6.03 Å². The summed E-state index contributed by atoms with van der Waals surface area (Å²) in [6.07, 6.45) is 8.94. The van der Waals surface area contributed by atoms with Crippen molar-refractivity contribution in [2.75, 3.05) is 19.7 Å². The molecule has 8 nitrogen and oxygen atoms in total. The van der Waals surface area contributed by atoms with Crippen molar-refractivity contribution in [3.63, 3.8) is 0 Å². The summed E-state index contributed by atoms with van der Waals surface area (Å²) in [7, 11) is 0. The van der Waals surface area contributed by atoms with Crippen molar-refractivity contribution in [3.8, 4) is 5.75 Å². The Morgan fingerprint density at radius 2 is 2.04 bits per heavy atom. The predicted molar refractivity (Wildman–Crippen MR) is 97.1 cm³/mol. The van der Waals surface area contributed by atoms with E-state index in [1.54, 1.807) is 35.9 Å². The van der Waals surface area contributed by atoms with Crippen LogP contribution in [0, 0.1) is 0 Å². The fraction of sp³-hybridized carbons (Fsp3) is 0.263. The molecule has 1 aliphatic heterocycles. The highest BCUT2D eigenvalue weighted by atomic mass is 16.5. The summed E-state index contributed by atoms with van der Waals surface area (Å²) in [5.41, 5.74) is 1.83. The summed E-state index contributed by atoms with van der Waals surface area (Å²) in [5.74, 6) is 0.499. The van der Waals surface area contributed by atoms with Gasteiger partial charge in [0.25, 0.3) is 0 Å². The molecule has 0 N–H and O–H groups in total. The van der Waals surface area contributed by atoms with Crippen LogP contribution >= 0.6 is 0 Å². The van der Waals surface area contributed by atoms with E-state index in [0.717, 1.165) is 11.1 Å². The number of pyridine rings is 2. The van der Waals surface area contributed by atoms with Gasteiger partial charge in [-0.2, -0.15) is 0 Å². The number of hydrogen-bond donors (Lipinski definition) is 0. The van der Waals surface area contributed by atoms with Crippen LogP contribution in [0.15, 0.2) is 55.4 Å². The minimum Gasteiger partial charge on any atom is -0.490 e. The first kappa shape index (κ1) is 17.0. The van der Waals surface area contributed by atoms with Crippen molar-refractivity contribution < 1.29 is 14.3 Å². The molecule has 0 unspecified atom stereocenters. The van der Waals surface area contributed by atoms with E-state index in [1.807, 2.05) is 28.8 Å². The van der Waals surface area contributed by atoms with Crippen LogP contribution in [-0.2, 0) is 11.3 Å². The first-order chi connectivity index (χ1) is 13.2. The minimum atomic E-state index is -0.285. The number of hydrogen-bond acceptors (Lipinski definition) is 5. The fourth-order valence-electron chi connectivity index (χ4n) is 3.05. The number of carbonyl (C=O) groups excluding carboxylic acids is 2. The van der Waals surface area contributed by atoms with Crippen molar-refractivity contribution in [2.45, 2.75) is 13.0 Å². The Bertz CT molecular complexity index is 956. The molecule has 0 bridgehead atoms. The Hall–Kier alpha value is -3.42. The predicted octanol–water partition coefficient (Wildman–Crippen LogP) is 1.96. The van der Waals surface area contributed by atoms with Crippen molar-refractivity contribution in [1.29, 1.82) is 0 Å². The number of nitrogens with zero attached hydrogens (tertiary/aromatic N) is 5. The third kappa shape index (κ3) is 3.74. The number of ether oxygens (including phenoxy) is 1. The maximum atomic E-state index is 12.7. The third-order valence-corrected chi connectivity index (χ3v) is 4.47. The van der Waals surface area contributed by atoms with E-state index in [0.29, 0.717) is 31.9 Å². The van der Waals surface area contributed by atoms with Crippen molar-refractivity contribution in [3.05, 3.63) is 60.9 Å². The highest BCUT2D eigenvalue weighted by molar-refractivity contribution is 5.96. The molecule has 1 saturated heterocycles. The number of aromatic nitrogens is 3. The van der Waals surface area contributed by atoms with Gasteiger partial charge < -0.3 is 14.0 Å². The second kappa shape index (κ2) is 7.45. The lowest BCUT2D eigenvalue weighted by Gasteiger charge is -2.34. The number of fused-ring (bicyclic) bond motifs is 1. The molecule has 0 aromatic carbocycles. The Morgan fingerprint density at radius 1 is 1.11 bits per heavy atom. The summed E-state index contributed by atoms with van der Waals surface area (Å²) in [6, 6.07) is 7.14. The van der Waals surface area contributed by atoms with E-state index in [9.17, 15) is 9.59 Å². The Kier molecular flexibility index (Phi) is 4.69. The van der Waals surface area contributed by atoms with E-state index < -0.39 is 0 Å². The van der Waals surface area contributed by atoms with Crippen molar-refractivity contribution in [2.24, 2.45) is 0 Å². The summed E-state index contributed by atoms with van der Waals surface area (Å²) >= 11 is 0. The lowest BCUT2D eigenvalue weighted by atomic mass is 10.2. The van der Waals surface area contributed by atoms with E-state index in [4.69, 9.17) is 4.74 Å². The molecule has 1 fully saturated rings. The molecule has 27 heavy (non-hydrogen) atoms. The van der Waals surface area contributed by atoms with E-state index in [1.165, 1.54) is 4.90 Å². The van der Waals surface area contributed by atoms with Crippen LogP contribution in [0.4, 0.5) is 4.79 Å². The maximum absolute atomic E-state index is 12.7. The standard InChI is InChI=1S/C19H19N5O3/c25-18-5-7-22(8-9-27-17-2-1-6-20-11-17)19(26)24(18)13-15-3-4-16-10-21-14-23(16)12-15/h1-4,6,10-12,14H,5,7-9,13H2. The second-order valence-corrected chi connectivity index (χ2v) is 6.30. The van der Waals surface area contributed by atoms with Gasteiger partial charge in [0, 0.05) is 25.4 Å². The number of carbonyl (C=O) groups is 2. The highest BCUT2D eigenvalue weighted by Crippen LogP contribution is 2.16. The lowest BCUT2D eigenvalue weighted by Crippen LogP contribution is -2.52. The zero-order valence-electron chi connectivity index (χ0n) is 14.7. The third-order valence-electron chi connectivity index (χ3n) is 4.47. The number of rotatable bonds is 6. The Balaban J connectivity index is 1.39. The van der Waals surface area contributed by atoms with Crippen LogP contribution in [0.3, 0.4) is 0 Å². The molecule has 1 aliphatic rings. The topological polar surface area (TPSA) is 80.0 Å². The normalized spacial score (nSPS) is 14.8. The molecule has 0 aliphatic carbocycles. The van der Waals surface area contributed by atoms with Crippen LogP contribution in [-0.4, -0.2) is 55.8 Å². The fourth-order valence-corrected chi connectivity index (χ4v) is 3.05. The summed E-state index contributed by atoms with van der Waals surface area (Å²) in [6.45, 7) is 1.41. The second-order valence-electron chi connectivity index (χ2n) is 6.30. The van der Waals surface area contributed by atoms with E-state index in [-0.39, 0.29) is 18.5 Å². The monoisotopic (exact) mass is 365 g/mol. The molecular formula is C19H19N5O3. The highest BCUT2D eigenvalue weighted by Gasteiger charge is 2.31. The van der Waals surface area contributed by atoms with Crippen molar-refractivity contribution >= 4 is 17.5 Å². The summed E-state index contributed by atoms with van der Waals surface area (Å²) in [4.78, 5) is 36.0. The van der Waals surface area contributed by atoms with Crippen molar-refractivity contribution in [1.82, 2.24) is 24.2 Å². The smallest absolute Gasteiger partial charge is 0.327 e. The summed E-state index contributed by atoms with van der Waals surface area (Å²) in [5, 5.41) is 0. The molecule has 4 heterocycles. The van der Waals surface area contributed by atoms with Gasteiger partial charge in [0.1, 0.15) is 12.4 Å². The van der Waals surface area contributed by atoms with Gasteiger partial charge in [-0.15, -0.1) is 0 Å². The molecule has 0 atom stereocenters. The molecule has 8 heteroatoms. The molecule has 138 valence electrons. The van der Waals surface area contributed by atoms with Gasteiger partial charge in [-0.1, -0.05) is 6.07 Å². The summed E-state index contributed by atoms with van der Waals surface area (Å²) < 4.78 is 7.48. The van der Waals surface area contributed by atoms with Gasteiger partial charge in [-0.25, -0.2) is 9.78 Å². The number of imidazole rings is 1. The number of amides is 3. The van der Waals surface area contributed by atoms with E-state index >= 15 is 0 Å². The molecule has 3 aromatic rings. The van der Waals surface area contributed by atoms with Gasteiger partial charge in [-0.05, 0) is 23.8 Å². The van der Waals surface area contributed by atoms with E-state index in [2.05, 4.69) is 9.97 Å². The minimum absolute atomic E-state index is 0.157. The average Bonchev–Trinajstić information content (AvgIpc) is 3.15. The van der Waals surface area contributed by atoms with Gasteiger partial charge in [-0.3, -0.25) is 14.7 Å². The first-order valence-electron chi connectivity index (χ1n) is 8.73. The van der Waals surface area contributed by atoms with Crippen LogP contribution < -0.4 is 4.74 Å². The molecule has 3 amide bonds. The number of imide groups is 1. The zero-order valence-corrected chi connectivity index (χ0v) is 14.7. The quantitative estimate of drug-likeness (QED) is 0.667. The first-order valence-corrected chi connectivity index (χ1v) is 8.73. The molecule has 0 radical (unpaired) electrons. The molecule has 3 aromatic heterocycles. The largest absolute Gasteiger partial charge is 0.490 e. The number of urea groups is 1. The SMILES string of the molecule is O=C1CCN(CCOc2cccnc2)C(=O)N1Cc1ccc2cncn2c1. The Labute approximate surface area is 156 Å². The van der Waals surface area contributed by atoms with Crippen LogP contribution in [0.5, 0.6) is 5.75 Å². The zero-order chi connectivity index (χ0) is 18.6. The average molecular weight is 365 g/mol. The van der Waals surface area contributed by atoms with Gasteiger partial charge in [0.05, 0.1) is 37.3 Å². The maximum Gasteiger partial charge on any atom is 0.327 e. The molecule has 4 rings (SSSR count). The molecule has 0 saturated carbocycles. The Morgan fingerprint density at radius 3 is 2.89 bits per heavy atom. The molecular weight excluding hydrogens is 346 g/mol. The van der Waals surface area contributed by atoms with Crippen LogP contribution in [0.1, 0.15) is 12.0 Å². The lowest BCUT2D eigenvalue weighted by molar-refractivity contribution is -0.131. The van der Waals surface area contributed by atoms with Crippen LogP contribution in [0.25, 0.3) is 5.52 Å². The van der Waals surface area contributed by atoms with Crippen LogP contribution in [0.2, 0.25) is 0 Å². The van der Waals surface area contributed by atoms with Gasteiger partial charge in [0.15, 0.2) is 0 Å².